The molecule has 2 N–H and O–H groups in total. The van der Waals surface area contributed by atoms with Crippen LogP contribution in [-0.2, 0) is 5.75 Å². The zero-order valence-corrected chi connectivity index (χ0v) is 16.8. The van der Waals surface area contributed by atoms with Crippen molar-refractivity contribution in [3.63, 3.8) is 0 Å². The third-order valence-corrected chi connectivity index (χ3v) is 5.54. The minimum absolute atomic E-state index is 0.425. The number of amides is 1. The molecular weight excluding hydrogens is 380 g/mol. The minimum atomic E-state index is -0.425. The van der Waals surface area contributed by atoms with Crippen molar-refractivity contribution in [1.29, 1.82) is 0 Å². The van der Waals surface area contributed by atoms with Gasteiger partial charge in [-0.15, -0.1) is 10.2 Å². The molecular formula is C23H20N4OS. The Balaban J connectivity index is 1.70. The van der Waals surface area contributed by atoms with Crippen LogP contribution in [0.25, 0.3) is 17.1 Å². The maximum absolute atomic E-state index is 11.4. The Morgan fingerprint density at radius 3 is 2.45 bits per heavy atom. The Morgan fingerprint density at radius 1 is 0.966 bits per heavy atom. The standard InChI is InChI=1S/C23H20N4OS/c1-16-10-12-20(13-11-16)27-22(18-7-3-2-4-8-18)25-26-23(27)29-15-17-6-5-9-19(14-17)21(24)28/h2-14H,15H2,1H3,(H2,24,28). The maximum Gasteiger partial charge on any atom is 0.248 e. The fourth-order valence-electron chi connectivity index (χ4n) is 3.03. The predicted octanol–water partition coefficient (Wildman–Crippen LogP) is 4.63. The summed E-state index contributed by atoms with van der Waals surface area (Å²) in [5, 5.41) is 9.70. The van der Waals surface area contributed by atoms with Gasteiger partial charge < -0.3 is 5.73 Å². The normalized spacial score (nSPS) is 10.8. The van der Waals surface area contributed by atoms with E-state index in [2.05, 4.69) is 46.0 Å². The van der Waals surface area contributed by atoms with Gasteiger partial charge in [-0.3, -0.25) is 9.36 Å². The van der Waals surface area contributed by atoms with Crippen molar-refractivity contribution < 1.29 is 4.79 Å². The first-order chi connectivity index (χ1) is 14.1. The van der Waals surface area contributed by atoms with Gasteiger partial charge in [0.1, 0.15) is 0 Å². The van der Waals surface area contributed by atoms with Crippen LogP contribution in [0.5, 0.6) is 0 Å². The van der Waals surface area contributed by atoms with E-state index in [9.17, 15) is 4.79 Å². The molecule has 0 aliphatic heterocycles. The lowest BCUT2D eigenvalue weighted by atomic mass is 10.1. The molecule has 3 aromatic carbocycles. The smallest absolute Gasteiger partial charge is 0.248 e. The van der Waals surface area contributed by atoms with Crippen molar-refractivity contribution >= 4 is 17.7 Å². The molecule has 0 spiro atoms. The fourth-order valence-corrected chi connectivity index (χ4v) is 3.92. The number of hydrogen-bond donors (Lipinski definition) is 1. The monoisotopic (exact) mass is 400 g/mol. The summed E-state index contributed by atoms with van der Waals surface area (Å²) in [5.41, 5.74) is 10.1. The van der Waals surface area contributed by atoms with E-state index in [1.807, 2.05) is 48.5 Å². The number of nitrogens with zero attached hydrogens (tertiary/aromatic N) is 3. The zero-order chi connectivity index (χ0) is 20.2. The van der Waals surface area contributed by atoms with Crippen LogP contribution in [-0.4, -0.2) is 20.7 Å². The van der Waals surface area contributed by atoms with Crippen molar-refractivity contribution in [3.8, 4) is 17.1 Å². The molecule has 0 atom stereocenters. The number of hydrogen-bond acceptors (Lipinski definition) is 4. The average Bonchev–Trinajstić information content (AvgIpc) is 3.17. The van der Waals surface area contributed by atoms with E-state index in [0.29, 0.717) is 11.3 Å². The van der Waals surface area contributed by atoms with Gasteiger partial charge >= 0.3 is 0 Å². The molecule has 0 aliphatic carbocycles. The van der Waals surface area contributed by atoms with Gasteiger partial charge in [0.2, 0.25) is 5.91 Å². The van der Waals surface area contributed by atoms with Gasteiger partial charge in [0.25, 0.3) is 0 Å². The number of thioether (sulfide) groups is 1. The molecule has 4 aromatic rings. The van der Waals surface area contributed by atoms with E-state index in [-0.39, 0.29) is 0 Å². The van der Waals surface area contributed by atoms with E-state index >= 15 is 0 Å². The Labute approximate surface area is 173 Å². The van der Waals surface area contributed by atoms with Crippen LogP contribution >= 0.6 is 11.8 Å². The topological polar surface area (TPSA) is 73.8 Å². The lowest BCUT2D eigenvalue weighted by molar-refractivity contribution is 0.1000. The van der Waals surface area contributed by atoms with E-state index in [4.69, 9.17) is 5.73 Å². The van der Waals surface area contributed by atoms with Crippen LogP contribution in [0.3, 0.4) is 0 Å². The SMILES string of the molecule is Cc1ccc(-n2c(SCc3cccc(C(N)=O)c3)nnc2-c2ccccc2)cc1. The summed E-state index contributed by atoms with van der Waals surface area (Å²) in [7, 11) is 0. The molecule has 5 nitrogen and oxygen atoms in total. The van der Waals surface area contributed by atoms with Gasteiger partial charge in [-0.1, -0.05) is 71.9 Å². The molecule has 1 amide bonds. The zero-order valence-electron chi connectivity index (χ0n) is 15.9. The maximum atomic E-state index is 11.4. The molecule has 1 aromatic heterocycles. The van der Waals surface area contributed by atoms with Crippen LogP contribution in [0.15, 0.2) is 84.0 Å². The van der Waals surface area contributed by atoms with E-state index in [0.717, 1.165) is 27.8 Å². The molecule has 0 radical (unpaired) electrons. The van der Waals surface area contributed by atoms with Gasteiger partial charge in [-0.2, -0.15) is 0 Å². The summed E-state index contributed by atoms with van der Waals surface area (Å²) in [6.07, 6.45) is 0. The minimum Gasteiger partial charge on any atom is -0.366 e. The molecule has 0 fully saturated rings. The second kappa shape index (κ2) is 8.32. The van der Waals surface area contributed by atoms with Crippen molar-refractivity contribution in [1.82, 2.24) is 14.8 Å². The highest BCUT2D eigenvalue weighted by molar-refractivity contribution is 7.98. The average molecular weight is 401 g/mol. The van der Waals surface area contributed by atoms with Crippen molar-refractivity contribution in [2.24, 2.45) is 5.73 Å². The van der Waals surface area contributed by atoms with Crippen molar-refractivity contribution in [2.45, 2.75) is 17.8 Å². The number of benzene rings is 3. The lowest BCUT2D eigenvalue weighted by Crippen LogP contribution is -2.10. The van der Waals surface area contributed by atoms with Crippen molar-refractivity contribution in [3.05, 3.63) is 95.6 Å². The number of primary amides is 1. The third-order valence-electron chi connectivity index (χ3n) is 4.54. The van der Waals surface area contributed by atoms with Gasteiger partial charge in [0.05, 0.1) is 0 Å². The molecule has 0 bridgehead atoms. The lowest BCUT2D eigenvalue weighted by Gasteiger charge is -2.11. The van der Waals surface area contributed by atoms with Crippen LogP contribution in [0.4, 0.5) is 0 Å². The van der Waals surface area contributed by atoms with Crippen LogP contribution in [0, 0.1) is 6.92 Å². The first-order valence-corrected chi connectivity index (χ1v) is 10.2. The molecule has 6 heteroatoms. The first-order valence-electron chi connectivity index (χ1n) is 9.21. The molecule has 29 heavy (non-hydrogen) atoms. The van der Waals surface area contributed by atoms with Crippen LogP contribution in [0.1, 0.15) is 21.5 Å². The number of carbonyl (C=O) groups is 1. The highest BCUT2D eigenvalue weighted by Crippen LogP contribution is 2.30. The second-order valence-corrected chi connectivity index (χ2v) is 7.64. The summed E-state index contributed by atoms with van der Waals surface area (Å²) < 4.78 is 2.07. The Kier molecular flexibility index (Phi) is 5.44. The number of nitrogens with two attached hydrogens (primary N) is 1. The highest BCUT2D eigenvalue weighted by atomic mass is 32.2. The molecule has 0 unspecified atom stereocenters. The molecule has 1 heterocycles. The molecule has 0 saturated heterocycles. The van der Waals surface area contributed by atoms with Crippen LogP contribution in [0.2, 0.25) is 0 Å². The first kappa shape index (κ1) is 19.0. The molecule has 0 aliphatic rings. The number of aromatic nitrogens is 3. The Hall–Kier alpha value is -3.38. The van der Waals surface area contributed by atoms with E-state index in [1.165, 1.54) is 5.56 Å². The Bertz CT molecular complexity index is 1140. The largest absolute Gasteiger partial charge is 0.366 e. The third kappa shape index (κ3) is 4.22. The Morgan fingerprint density at radius 2 is 1.72 bits per heavy atom. The number of carbonyl (C=O) groups excluding carboxylic acids is 1. The summed E-state index contributed by atoms with van der Waals surface area (Å²) >= 11 is 1.57. The number of aryl methyl sites for hydroxylation is 1. The van der Waals surface area contributed by atoms with Crippen LogP contribution < -0.4 is 5.73 Å². The van der Waals surface area contributed by atoms with Gasteiger partial charge in [0.15, 0.2) is 11.0 Å². The predicted molar refractivity (Wildman–Crippen MR) is 116 cm³/mol. The molecule has 0 saturated carbocycles. The molecule has 144 valence electrons. The summed E-state index contributed by atoms with van der Waals surface area (Å²) in [6, 6.07) is 25.7. The van der Waals surface area contributed by atoms with E-state index in [1.54, 1.807) is 17.8 Å². The summed E-state index contributed by atoms with van der Waals surface area (Å²) in [4.78, 5) is 11.4. The summed E-state index contributed by atoms with van der Waals surface area (Å²) in [6.45, 7) is 2.06. The summed E-state index contributed by atoms with van der Waals surface area (Å²) in [5.74, 6) is 1.02. The van der Waals surface area contributed by atoms with Gasteiger partial charge in [0, 0.05) is 22.6 Å². The number of rotatable bonds is 6. The van der Waals surface area contributed by atoms with Gasteiger partial charge in [-0.25, -0.2) is 0 Å². The molecule has 4 rings (SSSR count). The van der Waals surface area contributed by atoms with E-state index < -0.39 is 5.91 Å². The van der Waals surface area contributed by atoms with Crippen molar-refractivity contribution in [2.75, 3.05) is 0 Å². The van der Waals surface area contributed by atoms with Gasteiger partial charge in [-0.05, 0) is 36.8 Å². The quantitative estimate of drug-likeness (QED) is 0.479. The highest BCUT2D eigenvalue weighted by Gasteiger charge is 2.16. The second-order valence-electron chi connectivity index (χ2n) is 6.70. The fraction of sp³-hybridized carbons (Fsp3) is 0.0870.